The minimum absolute atomic E-state index is 0.0909. The summed E-state index contributed by atoms with van der Waals surface area (Å²) in [5.74, 6) is -0.154. The Labute approximate surface area is 91.9 Å². The lowest BCUT2D eigenvalue weighted by atomic mass is 10.1. The number of hydrogen-bond acceptors (Lipinski definition) is 3. The lowest BCUT2D eigenvalue weighted by Crippen LogP contribution is -2.49. The molecule has 0 aromatic rings. The van der Waals surface area contributed by atoms with Gasteiger partial charge in [0.2, 0.25) is 0 Å². The number of nitrogens with zero attached hydrogens (tertiary/aromatic N) is 2. The second-order valence-corrected chi connectivity index (χ2v) is 3.97. The smallest absolute Gasteiger partial charge is 0.401 e. The Morgan fingerprint density at radius 2 is 2.12 bits per heavy atom. The molecule has 0 radical (unpaired) electrons. The highest BCUT2D eigenvalue weighted by molar-refractivity contribution is 5.85. The Kier molecular flexibility index (Phi) is 4.01. The van der Waals surface area contributed by atoms with Crippen LogP contribution in [-0.2, 0) is 0 Å². The Hall–Kier alpha value is -0.980. The molecule has 0 spiro atoms. The van der Waals surface area contributed by atoms with Gasteiger partial charge in [-0.3, -0.25) is 4.90 Å². The molecule has 1 rings (SSSR count). The molecule has 1 fully saturated rings. The quantitative estimate of drug-likeness (QED) is 0.331. The van der Waals surface area contributed by atoms with Gasteiger partial charge in [0.1, 0.15) is 0 Å². The Balaban J connectivity index is 2.75. The van der Waals surface area contributed by atoms with E-state index in [1.807, 2.05) is 0 Å². The Morgan fingerprint density at radius 1 is 1.56 bits per heavy atom. The van der Waals surface area contributed by atoms with Gasteiger partial charge in [-0.25, -0.2) is 0 Å². The molecule has 0 aromatic heterocycles. The van der Waals surface area contributed by atoms with E-state index >= 15 is 0 Å². The fourth-order valence-corrected chi connectivity index (χ4v) is 1.79. The molecule has 1 aliphatic rings. The molecule has 1 atom stereocenters. The van der Waals surface area contributed by atoms with E-state index in [9.17, 15) is 13.2 Å². The van der Waals surface area contributed by atoms with Crippen molar-refractivity contribution >= 4 is 5.84 Å². The third-order valence-electron chi connectivity index (χ3n) is 2.62. The Bertz CT molecular complexity index is 263. The van der Waals surface area contributed by atoms with Crippen molar-refractivity contribution in [3.8, 4) is 0 Å². The van der Waals surface area contributed by atoms with Crippen LogP contribution in [0.1, 0.15) is 26.2 Å². The van der Waals surface area contributed by atoms with Gasteiger partial charge in [0, 0.05) is 6.04 Å². The van der Waals surface area contributed by atoms with Crippen molar-refractivity contribution in [3.05, 3.63) is 0 Å². The van der Waals surface area contributed by atoms with Gasteiger partial charge in [-0.2, -0.15) is 13.2 Å². The van der Waals surface area contributed by atoms with Crippen LogP contribution in [-0.4, -0.2) is 40.7 Å². The summed E-state index contributed by atoms with van der Waals surface area (Å²) < 4.78 is 37.1. The van der Waals surface area contributed by atoms with Crippen molar-refractivity contribution in [1.29, 1.82) is 0 Å². The van der Waals surface area contributed by atoms with Crippen molar-refractivity contribution in [2.24, 2.45) is 10.9 Å². The summed E-state index contributed by atoms with van der Waals surface area (Å²) in [6.45, 7) is 0.709. The highest BCUT2D eigenvalue weighted by atomic mass is 19.4. The second-order valence-electron chi connectivity index (χ2n) is 3.97. The summed E-state index contributed by atoms with van der Waals surface area (Å²) in [6.07, 6.45) is -2.38. The molecule has 0 aliphatic heterocycles. The number of halogens is 3. The van der Waals surface area contributed by atoms with Crippen molar-refractivity contribution in [2.75, 3.05) is 6.54 Å². The van der Waals surface area contributed by atoms with Gasteiger partial charge in [0.05, 0.1) is 12.6 Å². The maximum Gasteiger partial charge on any atom is 0.401 e. The van der Waals surface area contributed by atoms with E-state index in [4.69, 9.17) is 10.9 Å². The maximum atomic E-state index is 12.4. The molecule has 0 bridgehead atoms. The summed E-state index contributed by atoms with van der Waals surface area (Å²) in [7, 11) is 0. The van der Waals surface area contributed by atoms with E-state index in [1.165, 1.54) is 4.90 Å². The first-order valence-corrected chi connectivity index (χ1v) is 5.19. The molecule has 0 aromatic carbocycles. The zero-order chi connectivity index (χ0) is 12.3. The standard InChI is InChI=1S/C9H16F3N3O/c1-2-7(8(13)14-16)15(6-3-4-6)5-9(10,11)12/h6-7,16H,2-5H2,1H3,(H2,13,14). The van der Waals surface area contributed by atoms with Gasteiger partial charge in [-0.05, 0) is 19.3 Å². The highest BCUT2D eigenvalue weighted by Crippen LogP contribution is 2.32. The zero-order valence-corrected chi connectivity index (χ0v) is 9.04. The topological polar surface area (TPSA) is 61.9 Å². The monoisotopic (exact) mass is 239 g/mol. The average molecular weight is 239 g/mol. The van der Waals surface area contributed by atoms with Crippen LogP contribution < -0.4 is 5.73 Å². The lowest BCUT2D eigenvalue weighted by molar-refractivity contribution is -0.149. The molecule has 7 heteroatoms. The van der Waals surface area contributed by atoms with E-state index in [1.54, 1.807) is 6.92 Å². The SMILES string of the molecule is CCC(C(N)=NO)N(CC(F)(F)F)C1CC1. The van der Waals surface area contributed by atoms with Gasteiger partial charge < -0.3 is 10.9 Å². The molecule has 4 nitrogen and oxygen atoms in total. The van der Waals surface area contributed by atoms with Crippen molar-refractivity contribution < 1.29 is 18.4 Å². The second kappa shape index (κ2) is 4.90. The van der Waals surface area contributed by atoms with E-state index in [2.05, 4.69) is 5.16 Å². The van der Waals surface area contributed by atoms with Crippen LogP contribution in [0, 0.1) is 0 Å². The molecule has 1 aliphatic carbocycles. The average Bonchev–Trinajstić information content (AvgIpc) is 2.98. The molecule has 1 saturated carbocycles. The maximum absolute atomic E-state index is 12.4. The fourth-order valence-electron chi connectivity index (χ4n) is 1.79. The van der Waals surface area contributed by atoms with Gasteiger partial charge in [-0.1, -0.05) is 12.1 Å². The summed E-state index contributed by atoms with van der Waals surface area (Å²) in [4.78, 5) is 1.27. The van der Waals surface area contributed by atoms with Crippen LogP contribution in [0.2, 0.25) is 0 Å². The van der Waals surface area contributed by atoms with E-state index < -0.39 is 18.8 Å². The summed E-state index contributed by atoms with van der Waals surface area (Å²) in [6, 6.07) is -0.731. The van der Waals surface area contributed by atoms with Crippen LogP contribution in [0.5, 0.6) is 0 Å². The van der Waals surface area contributed by atoms with Crippen LogP contribution in [0.25, 0.3) is 0 Å². The van der Waals surface area contributed by atoms with E-state index in [0.29, 0.717) is 6.42 Å². The largest absolute Gasteiger partial charge is 0.409 e. The van der Waals surface area contributed by atoms with Gasteiger partial charge in [-0.15, -0.1) is 0 Å². The number of alkyl halides is 3. The first-order chi connectivity index (χ1) is 7.39. The van der Waals surface area contributed by atoms with E-state index in [-0.39, 0.29) is 11.9 Å². The van der Waals surface area contributed by atoms with Gasteiger partial charge in [0.15, 0.2) is 5.84 Å². The molecule has 1 unspecified atom stereocenters. The fraction of sp³-hybridized carbons (Fsp3) is 0.889. The zero-order valence-electron chi connectivity index (χ0n) is 9.04. The normalized spacial score (nSPS) is 20.2. The molecule has 0 saturated heterocycles. The molecular formula is C9H16F3N3O. The van der Waals surface area contributed by atoms with Crippen molar-refractivity contribution in [3.63, 3.8) is 0 Å². The third kappa shape index (κ3) is 3.55. The minimum Gasteiger partial charge on any atom is -0.409 e. The molecule has 16 heavy (non-hydrogen) atoms. The number of amidine groups is 1. The summed E-state index contributed by atoms with van der Waals surface area (Å²) >= 11 is 0. The summed E-state index contributed by atoms with van der Waals surface area (Å²) in [5, 5.41) is 11.3. The first-order valence-electron chi connectivity index (χ1n) is 5.19. The molecule has 0 amide bonds. The summed E-state index contributed by atoms with van der Waals surface area (Å²) in [5.41, 5.74) is 5.40. The van der Waals surface area contributed by atoms with Crippen LogP contribution in [0.4, 0.5) is 13.2 Å². The lowest BCUT2D eigenvalue weighted by Gasteiger charge is -2.30. The van der Waals surface area contributed by atoms with Gasteiger partial charge >= 0.3 is 6.18 Å². The van der Waals surface area contributed by atoms with Crippen LogP contribution >= 0.6 is 0 Å². The molecule has 3 N–H and O–H groups in total. The molecule has 94 valence electrons. The van der Waals surface area contributed by atoms with Crippen LogP contribution in [0.15, 0.2) is 5.16 Å². The molecular weight excluding hydrogens is 223 g/mol. The third-order valence-corrected chi connectivity index (χ3v) is 2.62. The number of rotatable bonds is 5. The highest BCUT2D eigenvalue weighted by Gasteiger charge is 2.42. The predicted octanol–water partition coefficient (Wildman–Crippen LogP) is 1.54. The van der Waals surface area contributed by atoms with Gasteiger partial charge in [0.25, 0.3) is 0 Å². The minimum atomic E-state index is -4.26. The van der Waals surface area contributed by atoms with E-state index in [0.717, 1.165) is 12.8 Å². The van der Waals surface area contributed by atoms with Crippen molar-refractivity contribution in [2.45, 2.75) is 44.4 Å². The number of nitrogens with two attached hydrogens (primary N) is 1. The Morgan fingerprint density at radius 3 is 2.44 bits per heavy atom. The molecule has 0 heterocycles. The van der Waals surface area contributed by atoms with Crippen LogP contribution in [0.3, 0.4) is 0 Å². The predicted molar refractivity (Wildman–Crippen MR) is 53.3 cm³/mol. The number of oxime groups is 1. The number of hydrogen-bond donors (Lipinski definition) is 2. The van der Waals surface area contributed by atoms with Crippen molar-refractivity contribution in [1.82, 2.24) is 4.90 Å². The first kappa shape index (κ1) is 13.1.